The molecule has 0 aromatic carbocycles. The Hall–Kier alpha value is -1.49. The quantitative estimate of drug-likeness (QED) is 0.467. The summed E-state index contributed by atoms with van der Waals surface area (Å²) in [5.41, 5.74) is -1.19. The van der Waals surface area contributed by atoms with Crippen LogP contribution in [0.15, 0.2) is 21.9 Å². The van der Waals surface area contributed by atoms with Crippen LogP contribution in [-0.2, 0) is 14.0 Å². The zero-order valence-electron chi connectivity index (χ0n) is 11.4. The van der Waals surface area contributed by atoms with E-state index in [0.717, 1.165) is 10.6 Å². The summed E-state index contributed by atoms with van der Waals surface area (Å²) in [4.78, 5) is 31.6. The smallest absolute Gasteiger partial charge is 0.330 e. The van der Waals surface area contributed by atoms with Gasteiger partial charge in [-0.15, -0.1) is 0 Å². The third kappa shape index (κ3) is 4.50. The van der Waals surface area contributed by atoms with Crippen molar-refractivity contribution in [1.82, 2.24) is 9.55 Å². The summed E-state index contributed by atoms with van der Waals surface area (Å²) in [6, 6.07) is 1.16. The first-order valence-corrected chi connectivity index (χ1v) is 6.52. The first-order valence-electron chi connectivity index (χ1n) is 5.75. The molecule has 1 aliphatic heterocycles. The van der Waals surface area contributed by atoms with Crippen LogP contribution in [0.1, 0.15) is 6.23 Å². The van der Waals surface area contributed by atoms with Crippen molar-refractivity contribution in [2.75, 3.05) is 13.7 Å². The fourth-order valence-corrected chi connectivity index (χ4v) is 1.98. The van der Waals surface area contributed by atoms with Gasteiger partial charge < -0.3 is 24.6 Å². The van der Waals surface area contributed by atoms with E-state index in [9.17, 15) is 14.7 Å². The third-order valence-electron chi connectivity index (χ3n) is 2.89. The molecule has 12 heteroatoms. The van der Waals surface area contributed by atoms with Crippen molar-refractivity contribution in [2.24, 2.45) is 0 Å². The maximum atomic E-state index is 11.6. The molecule has 0 bridgehead atoms. The molecular weight excluding hydrogens is 326 g/mol. The summed E-state index contributed by atoms with van der Waals surface area (Å²) in [6.07, 6.45) is -2.33. The van der Waals surface area contributed by atoms with E-state index in [1.165, 1.54) is 13.3 Å². The third-order valence-corrected chi connectivity index (χ3v) is 2.89. The number of methoxy groups -OCH3 is 1. The summed E-state index contributed by atoms with van der Waals surface area (Å²) in [7, 11) is 0.528. The molecular formula is C10H16FN2O8P. The van der Waals surface area contributed by atoms with Crippen molar-refractivity contribution in [3.63, 3.8) is 0 Å². The van der Waals surface area contributed by atoms with Gasteiger partial charge in [-0.25, -0.2) is 9.36 Å². The number of H-pyrrole nitrogens is 1. The van der Waals surface area contributed by atoms with Crippen molar-refractivity contribution in [2.45, 2.75) is 24.5 Å². The van der Waals surface area contributed by atoms with Crippen LogP contribution in [0, 0.1) is 0 Å². The second-order valence-electron chi connectivity index (χ2n) is 4.04. The highest BCUT2D eigenvalue weighted by Gasteiger charge is 2.45. The largest absolute Gasteiger partial charge is 0.394 e. The van der Waals surface area contributed by atoms with Crippen molar-refractivity contribution in [3.05, 3.63) is 33.1 Å². The Morgan fingerprint density at radius 1 is 1.50 bits per heavy atom. The highest BCUT2D eigenvalue weighted by atomic mass is 31.1. The molecule has 1 aromatic heterocycles. The van der Waals surface area contributed by atoms with Gasteiger partial charge in [0.1, 0.15) is 18.3 Å². The highest BCUT2D eigenvalue weighted by molar-refractivity contribution is 7.16. The molecule has 4 atom stereocenters. The maximum absolute atomic E-state index is 11.6. The molecule has 126 valence electrons. The van der Waals surface area contributed by atoms with Crippen LogP contribution in [0.25, 0.3) is 0 Å². The topological polar surface area (TPSA) is 151 Å². The molecule has 22 heavy (non-hydrogen) atoms. The van der Waals surface area contributed by atoms with Gasteiger partial charge in [0, 0.05) is 19.4 Å². The minimum absolute atomic E-state index is 0. The molecule has 10 nitrogen and oxygen atoms in total. The predicted octanol–water partition coefficient (Wildman–Crippen LogP) is -1.86. The number of aliphatic hydroxyl groups is 2. The Balaban J connectivity index is 0.00000102. The van der Waals surface area contributed by atoms with Crippen LogP contribution in [0.4, 0.5) is 4.70 Å². The van der Waals surface area contributed by atoms with Gasteiger partial charge in [0.05, 0.1) is 6.61 Å². The summed E-state index contributed by atoms with van der Waals surface area (Å²) in [5, 5.41) is 18.9. The van der Waals surface area contributed by atoms with Crippen LogP contribution in [0.3, 0.4) is 0 Å². The van der Waals surface area contributed by atoms with Crippen molar-refractivity contribution in [1.29, 1.82) is 0 Å². The molecule has 0 amide bonds. The molecule has 1 fully saturated rings. The molecule has 0 spiro atoms. The van der Waals surface area contributed by atoms with E-state index >= 15 is 0 Å². The lowest BCUT2D eigenvalue weighted by atomic mass is 10.1. The van der Waals surface area contributed by atoms with Crippen molar-refractivity contribution < 1.29 is 33.8 Å². The second-order valence-corrected chi connectivity index (χ2v) is 4.20. The second kappa shape index (κ2) is 9.51. The van der Waals surface area contributed by atoms with Gasteiger partial charge in [-0.05, 0) is 0 Å². The standard InChI is InChI=1S/C10H14N2O6.FH.HO2P/c1-17-8-7(15)5(4-13)18-9(8)12-3-2-6(14)11-10(12)16;;1-3-2/h2-3,5,7-9,13,15H,4H2,1H3,(H,11,14,16);1H;(H,1,2). The van der Waals surface area contributed by atoms with E-state index < -0.39 is 51.1 Å². The Morgan fingerprint density at radius 2 is 2.09 bits per heavy atom. The van der Waals surface area contributed by atoms with Gasteiger partial charge in [-0.1, -0.05) is 0 Å². The average molecular weight is 342 g/mol. The number of nitrogens with zero attached hydrogens (tertiary/aromatic N) is 1. The Bertz CT molecular complexity index is 579. The van der Waals surface area contributed by atoms with Crippen molar-refractivity contribution >= 4 is 8.69 Å². The first kappa shape index (κ1) is 20.5. The minimum Gasteiger partial charge on any atom is -0.394 e. The fraction of sp³-hybridized carbons (Fsp3) is 0.600. The number of aliphatic hydroxyl groups excluding tert-OH is 2. The molecule has 1 saturated heterocycles. The van der Waals surface area contributed by atoms with Crippen LogP contribution in [0.2, 0.25) is 0 Å². The molecule has 0 saturated carbocycles. The number of rotatable bonds is 3. The normalized spacial score (nSPS) is 26.9. The van der Waals surface area contributed by atoms with Crippen molar-refractivity contribution in [3.8, 4) is 0 Å². The molecule has 1 aromatic rings. The predicted molar refractivity (Wildman–Crippen MR) is 71.5 cm³/mol. The lowest BCUT2D eigenvalue weighted by Crippen LogP contribution is -2.38. The molecule has 4 unspecified atom stereocenters. The van der Waals surface area contributed by atoms with E-state index in [4.69, 9.17) is 24.0 Å². The van der Waals surface area contributed by atoms with Crippen LogP contribution < -0.4 is 11.2 Å². The number of nitrogens with one attached hydrogen (secondary N) is 1. The van der Waals surface area contributed by atoms with E-state index in [2.05, 4.69) is 4.98 Å². The number of hydrogen-bond donors (Lipinski definition) is 4. The van der Waals surface area contributed by atoms with Crippen LogP contribution in [-0.4, -0.2) is 56.7 Å². The molecule has 2 rings (SSSR count). The van der Waals surface area contributed by atoms with E-state index in [1.807, 2.05) is 0 Å². The SMILES string of the molecule is COC1C(O)C(CO)OC1n1ccc(=O)[nH]c1=O.F.O=PO. The zero-order chi connectivity index (χ0) is 16.0. The van der Waals surface area contributed by atoms with Gasteiger partial charge in [0.15, 0.2) is 6.23 Å². The lowest BCUT2D eigenvalue weighted by molar-refractivity contribution is -0.0625. The van der Waals surface area contributed by atoms with E-state index in [0.29, 0.717) is 0 Å². The zero-order valence-corrected chi connectivity index (χ0v) is 12.3. The van der Waals surface area contributed by atoms with E-state index in [1.54, 1.807) is 0 Å². The monoisotopic (exact) mass is 342 g/mol. The van der Waals surface area contributed by atoms with Gasteiger partial charge >= 0.3 is 14.4 Å². The molecule has 1 aliphatic rings. The van der Waals surface area contributed by atoms with Gasteiger partial charge in [-0.2, -0.15) is 0 Å². The summed E-state index contributed by atoms with van der Waals surface area (Å²) < 4.78 is 20.0. The van der Waals surface area contributed by atoms with Gasteiger partial charge in [-0.3, -0.25) is 19.1 Å². The summed E-state index contributed by atoms with van der Waals surface area (Å²) in [5.74, 6) is 0. The Labute approximate surface area is 124 Å². The molecule has 0 radical (unpaired) electrons. The first-order chi connectivity index (χ1) is 9.99. The minimum atomic E-state index is -1.05. The number of halogens is 1. The Kier molecular flexibility index (Phi) is 8.87. The number of aromatic amines is 1. The molecule has 4 N–H and O–H groups in total. The van der Waals surface area contributed by atoms with Crippen LogP contribution in [0.5, 0.6) is 0 Å². The number of ether oxygens (including phenoxy) is 2. The molecule has 0 aliphatic carbocycles. The number of hydrogen-bond acceptors (Lipinski definition) is 7. The fourth-order valence-electron chi connectivity index (χ4n) is 1.98. The van der Waals surface area contributed by atoms with Gasteiger partial charge in [0.2, 0.25) is 0 Å². The van der Waals surface area contributed by atoms with Crippen LogP contribution >= 0.6 is 8.69 Å². The van der Waals surface area contributed by atoms with E-state index in [-0.39, 0.29) is 4.70 Å². The highest BCUT2D eigenvalue weighted by Crippen LogP contribution is 2.29. The average Bonchev–Trinajstić information content (AvgIpc) is 2.75. The lowest BCUT2D eigenvalue weighted by Gasteiger charge is -2.19. The Morgan fingerprint density at radius 3 is 2.55 bits per heavy atom. The number of aromatic nitrogens is 2. The maximum Gasteiger partial charge on any atom is 0.330 e. The van der Waals surface area contributed by atoms with Gasteiger partial charge in [0.25, 0.3) is 5.56 Å². The summed E-state index contributed by atoms with van der Waals surface area (Å²) in [6.45, 7) is -0.393. The summed E-state index contributed by atoms with van der Waals surface area (Å²) >= 11 is 0. The molecule has 2 heterocycles.